The summed E-state index contributed by atoms with van der Waals surface area (Å²) >= 11 is 0. The average molecular weight is 246 g/mol. The maximum absolute atomic E-state index is 12.8. The van der Waals surface area contributed by atoms with E-state index in [0.717, 1.165) is 6.07 Å². The Kier molecular flexibility index (Phi) is 4.40. The Morgan fingerprint density at radius 3 is 2.41 bits per heavy atom. The molecule has 17 heavy (non-hydrogen) atoms. The molecule has 1 unspecified atom stereocenters. The summed E-state index contributed by atoms with van der Waals surface area (Å²) in [4.78, 5) is 1.60. The summed E-state index contributed by atoms with van der Waals surface area (Å²) in [6, 6.07) is 5.58. The van der Waals surface area contributed by atoms with E-state index >= 15 is 0 Å². The molecule has 2 N–H and O–H groups in total. The molecule has 96 valence electrons. The maximum Gasteiger partial charge on any atom is 0.418 e. The number of alkyl halides is 3. The first-order valence-corrected chi connectivity index (χ1v) is 5.43. The Morgan fingerprint density at radius 1 is 1.29 bits per heavy atom. The third-order valence-corrected chi connectivity index (χ3v) is 2.61. The molecule has 0 aromatic heterocycles. The van der Waals surface area contributed by atoms with Gasteiger partial charge in [-0.1, -0.05) is 19.1 Å². The highest BCUT2D eigenvalue weighted by Gasteiger charge is 2.34. The first kappa shape index (κ1) is 13.8. The third-order valence-electron chi connectivity index (χ3n) is 2.61. The van der Waals surface area contributed by atoms with Gasteiger partial charge in [0, 0.05) is 19.3 Å². The van der Waals surface area contributed by atoms with Crippen molar-refractivity contribution >= 4 is 5.69 Å². The number of nitrogens with two attached hydrogens (primary N) is 1. The number of nitrogens with zero attached hydrogens (tertiary/aromatic N) is 1. The average Bonchev–Trinajstić information content (AvgIpc) is 2.27. The Hall–Kier alpha value is -1.23. The van der Waals surface area contributed by atoms with E-state index in [1.54, 1.807) is 18.0 Å². The maximum atomic E-state index is 12.8. The van der Waals surface area contributed by atoms with Crippen molar-refractivity contribution in [2.75, 3.05) is 25.0 Å². The number of halogens is 3. The molecule has 0 aliphatic rings. The molecule has 0 saturated heterocycles. The number of hydrogen-bond donors (Lipinski definition) is 1. The molecular weight excluding hydrogens is 229 g/mol. The van der Waals surface area contributed by atoms with Crippen LogP contribution in [0.3, 0.4) is 0 Å². The number of benzene rings is 1. The summed E-state index contributed by atoms with van der Waals surface area (Å²) in [5.74, 6) is 0.154. The lowest BCUT2D eigenvalue weighted by Gasteiger charge is -2.25. The molecule has 0 amide bonds. The fraction of sp³-hybridized carbons (Fsp3) is 0.500. The van der Waals surface area contributed by atoms with E-state index in [9.17, 15) is 13.2 Å². The van der Waals surface area contributed by atoms with Gasteiger partial charge in [-0.25, -0.2) is 0 Å². The van der Waals surface area contributed by atoms with Crippen molar-refractivity contribution < 1.29 is 13.2 Å². The summed E-state index contributed by atoms with van der Waals surface area (Å²) in [6.45, 7) is 2.87. The van der Waals surface area contributed by atoms with Gasteiger partial charge in [0.2, 0.25) is 0 Å². The van der Waals surface area contributed by atoms with Crippen LogP contribution in [0.4, 0.5) is 18.9 Å². The zero-order chi connectivity index (χ0) is 13.1. The number of para-hydroxylation sites is 1. The monoisotopic (exact) mass is 246 g/mol. The predicted molar refractivity (Wildman–Crippen MR) is 62.9 cm³/mol. The van der Waals surface area contributed by atoms with Crippen LogP contribution in [0, 0.1) is 5.92 Å². The van der Waals surface area contributed by atoms with Crippen molar-refractivity contribution in [3.63, 3.8) is 0 Å². The van der Waals surface area contributed by atoms with Crippen LogP contribution in [-0.4, -0.2) is 20.1 Å². The van der Waals surface area contributed by atoms with E-state index in [1.807, 2.05) is 6.92 Å². The number of hydrogen-bond acceptors (Lipinski definition) is 2. The molecule has 0 aliphatic carbocycles. The van der Waals surface area contributed by atoms with E-state index in [4.69, 9.17) is 5.73 Å². The van der Waals surface area contributed by atoms with Gasteiger partial charge in [0.05, 0.1) is 5.56 Å². The summed E-state index contributed by atoms with van der Waals surface area (Å²) in [5.41, 5.74) is 5.06. The van der Waals surface area contributed by atoms with E-state index < -0.39 is 11.7 Å². The third kappa shape index (κ3) is 3.63. The minimum absolute atomic E-state index is 0.154. The van der Waals surface area contributed by atoms with Crippen LogP contribution in [0.5, 0.6) is 0 Å². The first-order chi connectivity index (χ1) is 7.86. The SMILES string of the molecule is CC(CN)CN(C)c1ccccc1C(F)(F)F. The molecule has 1 aromatic carbocycles. The minimum atomic E-state index is -4.32. The van der Waals surface area contributed by atoms with Gasteiger partial charge in [-0.2, -0.15) is 13.2 Å². The highest BCUT2D eigenvalue weighted by molar-refractivity contribution is 5.54. The number of rotatable bonds is 4. The molecule has 1 rings (SSSR count). The van der Waals surface area contributed by atoms with Crippen molar-refractivity contribution in [1.29, 1.82) is 0 Å². The lowest BCUT2D eigenvalue weighted by atomic mass is 10.1. The Labute approximate surface area is 99.2 Å². The van der Waals surface area contributed by atoms with Crippen molar-refractivity contribution in [2.24, 2.45) is 11.7 Å². The standard InChI is InChI=1S/C12H17F3N2/c1-9(7-16)8-17(2)11-6-4-3-5-10(11)12(13,14)15/h3-6,9H,7-8,16H2,1-2H3. The number of anilines is 1. The summed E-state index contributed by atoms with van der Waals surface area (Å²) in [6.07, 6.45) is -4.32. The highest BCUT2D eigenvalue weighted by atomic mass is 19.4. The molecule has 1 aromatic rings. The van der Waals surface area contributed by atoms with E-state index in [-0.39, 0.29) is 11.6 Å². The highest BCUT2D eigenvalue weighted by Crippen LogP contribution is 2.36. The van der Waals surface area contributed by atoms with Crippen molar-refractivity contribution in [3.05, 3.63) is 29.8 Å². The van der Waals surface area contributed by atoms with Crippen LogP contribution in [0.1, 0.15) is 12.5 Å². The Bertz CT molecular complexity index is 363. The van der Waals surface area contributed by atoms with Crippen LogP contribution in [0.25, 0.3) is 0 Å². The van der Waals surface area contributed by atoms with Crippen LogP contribution in [-0.2, 0) is 6.18 Å². The fourth-order valence-corrected chi connectivity index (χ4v) is 1.69. The van der Waals surface area contributed by atoms with Gasteiger partial charge in [0.15, 0.2) is 0 Å². The molecule has 5 heteroatoms. The van der Waals surface area contributed by atoms with Gasteiger partial charge in [-0.15, -0.1) is 0 Å². The van der Waals surface area contributed by atoms with Crippen molar-refractivity contribution in [2.45, 2.75) is 13.1 Å². The smallest absolute Gasteiger partial charge is 0.374 e. The zero-order valence-electron chi connectivity index (χ0n) is 9.96. The zero-order valence-corrected chi connectivity index (χ0v) is 9.96. The quantitative estimate of drug-likeness (QED) is 0.885. The van der Waals surface area contributed by atoms with Crippen LogP contribution >= 0.6 is 0 Å². The molecular formula is C12H17F3N2. The van der Waals surface area contributed by atoms with Crippen LogP contribution in [0.15, 0.2) is 24.3 Å². The van der Waals surface area contributed by atoms with Gasteiger partial charge in [0.1, 0.15) is 0 Å². The topological polar surface area (TPSA) is 29.3 Å². The second kappa shape index (κ2) is 5.40. The molecule has 0 bridgehead atoms. The molecule has 0 heterocycles. The van der Waals surface area contributed by atoms with E-state index in [0.29, 0.717) is 13.1 Å². The molecule has 0 saturated carbocycles. The van der Waals surface area contributed by atoms with Crippen molar-refractivity contribution in [3.8, 4) is 0 Å². The summed E-state index contributed by atoms with van der Waals surface area (Å²) in [5, 5.41) is 0. The second-order valence-electron chi connectivity index (χ2n) is 4.24. The lowest BCUT2D eigenvalue weighted by molar-refractivity contribution is -0.137. The van der Waals surface area contributed by atoms with Crippen molar-refractivity contribution in [1.82, 2.24) is 0 Å². The fourth-order valence-electron chi connectivity index (χ4n) is 1.69. The van der Waals surface area contributed by atoms with E-state index in [1.165, 1.54) is 12.1 Å². The molecule has 0 aliphatic heterocycles. The van der Waals surface area contributed by atoms with Gasteiger partial charge in [-0.05, 0) is 24.6 Å². The Balaban J connectivity index is 2.97. The summed E-state index contributed by atoms with van der Waals surface area (Å²) in [7, 11) is 1.65. The normalized spacial score (nSPS) is 13.5. The molecule has 2 nitrogen and oxygen atoms in total. The Morgan fingerprint density at radius 2 is 1.88 bits per heavy atom. The van der Waals surface area contributed by atoms with E-state index in [2.05, 4.69) is 0 Å². The molecule has 0 radical (unpaired) electrons. The van der Waals surface area contributed by atoms with Gasteiger partial charge >= 0.3 is 6.18 Å². The van der Waals surface area contributed by atoms with Gasteiger partial charge in [0.25, 0.3) is 0 Å². The van der Waals surface area contributed by atoms with Gasteiger partial charge in [-0.3, -0.25) is 0 Å². The summed E-state index contributed by atoms with van der Waals surface area (Å²) < 4.78 is 38.3. The van der Waals surface area contributed by atoms with Crippen LogP contribution < -0.4 is 10.6 Å². The largest absolute Gasteiger partial charge is 0.418 e. The first-order valence-electron chi connectivity index (χ1n) is 5.43. The molecule has 0 fully saturated rings. The van der Waals surface area contributed by atoms with Crippen LogP contribution in [0.2, 0.25) is 0 Å². The predicted octanol–water partition coefficient (Wildman–Crippen LogP) is 2.74. The lowest BCUT2D eigenvalue weighted by Crippen LogP contribution is -2.29. The molecule has 0 spiro atoms. The minimum Gasteiger partial charge on any atom is -0.374 e. The molecule has 1 atom stereocenters. The van der Waals surface area contributed by atoms with Gasteiger partial charge < -0.3 is 10.6 Å². The second-order valence-corrected chi connectivity index (χ2v) is 4.24.